The van der Waals surface area contributed by atoms with E-state index in [1.807, 2.05) is 30.3 Å². The minimum absolute atomic E-state index is 0.0316. The van der Waals surface area contributed by atoms with E-state index in [0.717, 1.165) is 25.0 Å². The van der Waals surface area contributed by atoms with E-state index in [4.69, 9.17) is 23.7 Å². The van der Waals surface area contributed by atoms with Crippen LogP contribution in [0.4, 0.5) is 0 Å². The molecule has 0 bridgehead atoms. The Kier molecular flexibility index (Phi) is 6.21. The van der Waals surface area contributed by atoms with Crippen molar-refractivity contribution in [2.24, 2.45) is 0 Å². The van der Waals surface area contributed by atoms with E-state index < -0.39 is 0 Å². The van der Waals surface area contributed by atoms with Gasteiger partial charge in [-0.25, -0.2) is 0 Å². The van der Waals surface area contributed by atoms with Gasteiger partial charge in [-0.2, -0.15) is 0 Å². The van der Waals surface area contributed by atoms with Crippen molar-refractivity contribution in [2.75, 3.05) is 33.0 Å². The predicted octanol–water partition coefficient (Wildman–Crippen LogP) is 2.66. The van der Waals surface area contributed by atoms with E-state index >= 15 is 0 Å². The number of ether oxygens (including phenoxy) is 5. The second-order valence-electron chi connectivity index (χ2n) is 5.57. The van der Waals surface area contributed by atoms with Gasteiger partial charge in [0.2, 0.25) is 0 Å². The van der Waals surface area contributed by atoms with Crippen LogP contribution in [0.2, 0.25) is 0 Å². The van der Waals surface area contributed by atoms with E-state index in [2.05, 4.69) is 0 Å². The van der Waals surface area contributed by atoms with Gasteiger partial charge >= 0.3 is 0 Å². The summed E-state index contributed by atoms with van der Waals surface area (Å²) in [5, 5.41) is 0. The average molecular weight is 308 g/mol. The molecule has 2 saturated heterocycles. The average Bonchev–Trinajstić information content (AvgIpc) is 2.61. The molecule has 1 atom stereocenters. The standard InChI is InChI=1S/C17H24O5/c1-2-6-14(7-3-1)17-21-12-15(13-22-17)18-10-11-20-16-8-4-5-9-19-16/h1-3,6-7,15-17H,4-5,8-13H2. The third kappa shape index (κ3) is 4.76. The molecule has 0 radical (unpaired) electrons. The molecule has 2 aliphatic heterocycles. The van der Waals surface area contributed by atoms with Gasteiger partial charge in [-0.3, -0.25) is 0 Å². The molecule has 0 N–H and O–H groups in total. The minimum Gasteiger partial charge on any atom is -0.371 e. The van der Waals surface area contributed by atoms with Gasteiger partial charge in [0, 0.05) is 12.2 Å². The molecule has 3 rings (SSSR count). The Hall–Kier alpha value is -0.980. The summed E-state index contributed by atoms with van der Waals surface area (Å²) in [6, 6.07) is 9.95. The van der Waals surface area contributed by atoms with Crippen LogP contribution in [-0.4, -0.2) is 45.4 Å². The van der Waals surface area contributed by atoms with Crippen LogP contribution in [0.15, 0.2) is 30.3 Å². The van der Waals surface area contributed by atoms with Crippen molar-refractivity contribution < 1.29 is 23.7 Å². The Balaban J connectivity index is 1.29. The van der Waals surface area contributed by atoms with Gasteiger partial charge in [-0.1, -0.05) is 30.3 Å². The molecule has 2 aliphatic rings. The maximum absolute atomic E-state index is 5.73. The monoisotopic (exact) mass is 308 g/mol. The second-order valence-corrected chi connectivity index (χ2v) is 5.57. The molecular weight excluding hydrogens is 284 g/mol. The Morgan fingerprint density at radius 1 is 0.909 bits per heavy atom. The zero-order valence-electron chi connectivity index (χ0n) is 12.8. The number of rotatable bonds is 6. The highest BCUT2D eigenvalue weighted by Gasteiger charge is 2.24. The molecule has 0 saturated carbocycles. The van der Waals surface area contributed by atoms with E-state index in [0.29, 0.717) is 26.4 Å². The van der Waals surface area contributed by atoms with Crippen molar-refractivity contribution in [1.29, 1.82) is 0 Å². The SMILES string of the molecule is c1ccc(C2OCC(OCCOC3CCCCO3)CO2)cc1. The van der Waals surface area contributed by atoms with E-state index in [-0.39, 0.29) is 18.7 Å². The summed E-state index contributed by atoms with van der Waals surface area (Å²) in [5.41, 5.74) is 1.04. The fraction of sp³-hybridized carbons (Fsp3) is 0.647. The fourth-order valence-electron chi connectivity index (χ4n) is 2.62. The lowest BCUT2D eigenvalue weighted by Gasteiger charge is -2.30. The van der Waals surface area contributed by atoms with Crippen molar-refractivity contribution in [3.8, 4) is 0 Å². The first kappa shape index (κ1) is 15.9. The number of hydrogen-bond acceptors (Lipinski definition) is 5. The lowest BCUT2D eigenvalue weighted by molar-refractivity contribution is -0.235. The molecule has 22 heavy (non-hydrogen) atoms. The first-order valence-corrected chi connectivity index (χ1v) is 8.05. The highest BCUT2D eigenvalue weighted by atomic mass is 16.7. The first-order chi connectivity index (χ1) is 10.9. The van der Waals surface area contributed by atoms with Crippen LogP contribution in [0.3, 0.4) is 0 Å². The number of benzene rings is 1. The van der Waals surface area contributed by atoms with Gasteiger partial charge in [-0.15, -0.1) is 0 Å². The highest BCUT2D eigenvalue weighted by molar-refractivity contribution is 5.16. The summed E-state index contributed by atoms with van der Waals surface area (Å²) < 4.78 is 28.3. The largest absolute Gasteiger partial charge is 0.371 e. The molecular formula is C17H24O5. The third-order valence-electron chi connectivity index (χ3n) is 3.82. The predicted molar refractivity (Wildman–Crippen MR) is 80.4 cm³/mol. The van der Waals surface area contributed by atoms with Gasteiger partial charge < -0.3 is 23.7 Å². The van der Waals surface area contributed by atoms with Crippen LogP contribution in [-0.2, 0) is 23.7 Å². The van der Waals surface area contributed by atoms with Crippen molar-refractivity contribution in [3.05, 3.63) is 35.9 Å². The molecule has 5 heteroatoms. The quantitative estimate of drug-likeness (QED) is 0.756. The van der Waals surface area contributed by atoms with E-state index in [9.17, 15) is 0 Å². The second kappa shape index (κ2) is 8.60. The summed E-state index contributed by atoms with van der Waals surface area (Å²) >= 11 is 0. The zero-order valence-corrected chi connectivity index (χ0v) is 12.8. The summed E-state index contributed by atoms with van der Waals surface area (Å²) in [6.07, 6.45) is 2.92. The van der Waals surface area contributed by atoms with Crippen LogP contribution in [0.25, 0.3) is 0 Å². The lowest BCUT2D eigenvalue weighted by atomic mass is 10.2. The third-order valence-corrected chi connectivity index (χ3v) is 3.82. The van der Waals surface area contributed by atoms with Gasteiger partial charge in [0.25, 0.3) is 0 Å². The Morgan fingerprint density at radius 3 is 2.41 bits per heavy atom. The summed E-state index contributed by atoms with van der Waals surface area (Å²) in [5.74, 6) is 0. The van der Waals surface area contributed by atoms with Gasteiger partial charge in [0.05, 0.1) is 26.4 Å². The fourth-order valence-corrected chi connectivity index (χ4v) is 2.62. The van der Waals surface area contributed by atoms with Crippen molar-refractivity contribution >= 4 is 0 Å². The van der Waals surface area contributed by atoms with Crippen molar-refractivity contribution in [2.45, 2.75) is 37.9 Å². The van der Waals surface area contributed by atoms with Crippen LogP contribution in [0.5, 0.6) is 0 Å². The summed E-state index contributed by atoms with van der Waals surface area (Å²) in [4.78, 5) is 0. The van der Waals surface area contributed by atoms with Crippen LogP contribution in [0, 0.1) is 0 Å². The smallest absolute Gasteiger partial charge is 0.184 e. The van der Waals surface area contributed by atoms with Gasteiger partial charge in [0.1, 0.15) is 6.10 Å². The van der Waals surface area contributed by atoms with Gasteiger partial charge in [0.15, 0.2) is 12.6 Å². The summed E-state index contributed by atoms with van der Waals surface area (Å²) in [6.45, 7) is 2.96. The molecule has 0 spiro atoms. The normalized spacial score (nSPS) is 29.4. The van der Waals surface area contributed by atoms with Crippen molar-refractivity contribution in [1.82, 2.24) is 0 Å². The molecule has 2 heterocycles. The molecule has 2 fully saturated rings. The van der Waals surface area contributed by atoms with Crippen LogP contribution in [0.1, 0.15) is 31.1 Å². The van der Waals surface area contributed by atoms with E-state index in [1.54, 1.807) is 0 Å². The maximum Gasteiger partial charge on any atom is 0.184 e. The molecule has 1 unspecified atom stereocenters. The maximum atomic E-state index is 5.73. The van der Waals surface area contributed by atoms with Gasteiger partial charge in [-0.05, 0) is 19.3 Å². The zero-order chi connectivity index (χ0) is 15.0. The first-order valence-electron chi connectivity index (χ1n) is 8.05. The molecule has 0 aliphatic carbocycles. The molecule has 1 aromatic rings. The lowest BCUT2D eigenvalue weighted by Crippen LogP contribution is -2.34. The van der Waals surface area contributed by atoms with Crippen LogP contribution < -0.4 is 0 Å². The topological polar surface area (TPSA) is 46.2 Å². The Bertz CT molecular complexity index is 410. The molecule has 0 amide bonds. The highest BCUT2D eigenvalue weighted by Crippen LogP contribution is 2.23. The van der Waals surface area contributed by atoms with E-state index in [1.165, 1.54) is 6.42 Å². The minimum atomic E-state index is -0.284. The summed E-state index contributed by atoms with van der Waals surface area (Å²) in [7, 11) is 0. The Morgan fingerprint density at radius 2 is 1.68 bits per heavy atom. The molecule has 122 valence electrons. The van der Waals surface area contributed by atoms with Crippen LogP contribution >= 0.6 is 0 Å². The Labute approximate surface area is 131 Å². The molecule has 0 aromatic heterocycles. The van der Waals surface area contributed by atoms with Crippen molar-refractivity contribution in [3.63, 3.8) is 0 Å². The molecule has 1 aromatic carbocycles. The molecule has 5 nitrogen and oxygen atoms in total. The number of hydrogen-bond donors (Lipinski definition) is 0.